The quantitative estimate of drug-likeness (QED) is 0.707. The van der Waals surface area contributed by atoms with Crippen LogP contribution in [0, 0.1) is 0 Å². The molecule has 2 amide bonds. The molecule has 0 saturated carbocycles. The maximum Gasteiger partial charge on any atom is 0.573 e. The zero-order valence-corrected chi connectivity index (χ0v) is 16.7. The molecular weight excluding hydrogens is 425 g/mol. The number of hydrogen-bond acceptors (Lipinski definition) is 7. The van der Waals surface area contributed by atoms with Gasteiger partial charge in [-0.15, -0.1) is 13.2 Å². The van der Waals surface area contributed by atoms with E-state index >= 15 is 0 Å². The van der Waals surface area contributed by atoms with E-state index in [2.05, 4.69) is 20.4 Å². The Morgan fingerprint density at radius 1 is 1.23 bits per heavy atom. The Labute approximate surface area is 174 Å². The van der Waals surface area contributed by atoms with Gasteiger partial charge in [-0.1, -0.05) is 11.3 Å². The van der Waals surface area contributed by atoms with Crippen molar-refractivity contribution in [3.63, 3.8) is 0 Å². The Morgan fingerprint density at radius 2 is 1.97 bits per heavy atom. The van der Waals surface area contributed by atoms with E-state index in [0.29, 0.717) is 30.3 Å². The van der Waals surface area contributed by atoms with E-state index in [1.165, 1.54) is 23.5 Å². The van der Waals surface area contributed by atoms with Crippen molar-refractivity contribution in [3.05, 3.63) is 34.8 Å². The van der Waals surface area contributed by atoms with Gasteiger partial charge in [0.1, 0.15) is 5.75 Å². The van der Waals surface area contributed by atoms with Crippen LogP contribution < -0.4 is 15.4 Å². The van der Waals surface area contributed by atoms with Gasteiger partial charge in [0, 0.05) is 30.1 Å². The molecule has 0 spiro atoms. The van der Waals surface area contributed by atoms with Crippen LogP contribution in [0.2, 0.25) is 0 Å². The smallest absolute Gasteiger partial charge is 0.450 e. The lowest BCUT2D eigenvalue weighted by Crippen LogP contribution is -2.36. The summed E-state index contributed by atoms with van der Waals surface area (Å²) in [5.74, 6) is -0.654. The number of alkyl halides is 3. The van der Waals surface area contributed by atoms with Crippen LogP contribution in [-0.2, 0) is 22.5 Å². The van der Waals surface area contributed by atoms with Gasteiger partial charge in [0.15, 0.2) is 5.13 Å². The zero-order valence-electron chi connectivity index (χ0n) is 15.9. The van der Waals surface area contributed by atoms with Gasteiger partial charge in [-0.3, -0.25) is 15.0 Å². The molecule has 0 atom stereocenters. The molecular formula is C18H19F3N4O4S. The number of nitrogens with one attached hydrogen (secondary N) is 2. The number of halogens is 3. The first-order chi connectivity index (χ1) is 14.2. The van der Waals surface area contributed by atoms with E-state index in [1.807, 2.05) is 4.90 Å². The highest BCUT2D eigenvalue weighted by atomic mass is 32.1. The fourth-order valence-corrected chi connectivity index (χ4v) is 3.87. The van der Waals surface area contributed by atoms with Gasteiger partial charge in [0.2, 0.25) is 5.91 Å². The van der Waals surface area contributed by atoms with Gasteiger partial charge in [-0.05, 0) is 31.2 Å². The Balaban J connectivity index is 1.51. The number of anilines is 2. The third-order valence-electron chi connectivity index (χ3n) is 4.03. The van der Waals surface area contributed by atoms with Gasteiger partial charge in [-0.2, -0.15) is 0 Å². The first-order valence-electron chi connectivity index (χ1n) is 9.02. The Hall–Kier alpha value is -2.86. The number of amides is 2. The number of hydrogen-bond donors (Lipinski definition) is 2. The number of fused-ring (bicyclic) bond motifs is 1. The van der Waals surface area contributed by atoms with Gasteiger partial charge in [0.05, 0.1) is 18.8 Å². The fraction of sp³-hybridized carbons (Fsp3) is 0.389. The SMILES string of the molecule is CCOC(=O)Nc1nc2c(s1)CN(CC(=O)Nc1ccc(OC(F)(F)F)cc1)CC2. The number of carbonyl (C=O) groups excluding carboxylic acids is 2. The monoisotopic (exact) mass is 444 g/mol. The standard InChI is InChI=1S/C18H19F3N4O4S/c1-2-28-17(27)24-16-23-13-7-8-25(9-14(13)30-16)10-15(26)22-11-3-5-12(6-4-11)29-18(19,20)21/h3-6H,2,7-10H2,1H3,(H,22,26)(H,23,24,27). The highest BCUT2D eigenvalue weighted by Gasteiger charge is 2.31. The number of rotatable bonds is 6. The molecule has 2 aromatic rings. The van der Waals surface area contributed by atoms with Crippen LogP contribution in [0.1, 0.15) is 17.5 Å². The minimum atomic E-state index is -4.76. The summed E-state index contributed by atoms with van der Waals surface area (Å²) in [4.78, 5) is 31.0. The van der Waals surface area contributed by atoms with Gasteiger partial charge in [0.25, 0.3) is 0 Å². The molecule has 0 unspecified atom stereocenters. The second-order valence-electron chi connectivity index (χ2n) is 6.32. The molecule has 2 N–H and O–H groups in total. The third-order valence-corrected chi connectivity index (χ3v) is 5.03. The van der Waals surface area contributed by atoms with E-state index < -0.39 is 12.5 Å². The van der Waals surface area contributed by atoms with E-state index in [-0.39, 0.29) is 24.8 Å². The summed E-state index contributed by atoms with van der Waals surface area (Å²) in [6.07, 6.45) is -4.70. The van der Waals surface area contributed by atoms with E-state index in [4.69, 9.17) is 4.74 Å². The minimum Gasteiger partial charge on any atom is -0.450 e. The molecule has 12 heteroatoms. The minimum absolute atomic E-state index is 0.110. The number of benzene rings is 1. The summed E-state index contributed by atoms with van der Waals surface area (Å²) in [5.41, 5.74) is 1.25. The summed E-state index contributed by atoms with van der Waals surface area (Å²) >= 11 is 1.33. The first-order valence-corrected chi connectivity index (χ1v) is 9.84. The van der Waals surface area contributed by atoms with Crippen LogP contribution in [0.25, 0.3) is 0 Å². The number of thiazole rings is 1. The van der Waals surface area contributed by atoms with Crippen LogP contribution in [0.3, 0.4) is 0 Å². The number of aromatic nitrogens is 1. The van der Waals surface area contributed by atoms with E-state index in [9.17, 15) is 22.8 Å². The lowest BCUT2D eigenvalue weighted by molar-refractivity contribution is -0.274. The molecule has 3 rings (SSSR count). The fourth-order valence-electron chi connectivity index (χ4n) is 2.83. The highest BCUT2D eigenvalue weighted by molar-refractivity contribution is 7.15. The van der Waals surface area contributed by atoms with Crippen molar-refractivity contribution >= 4 is 34.2 Å². The van der Waals surface area contributed by atoms with E-state index in [1.54, 1.807) is 6.92 Å². The molecule has 30 heavy (non-hydrogen) atoms. The highest BCUT2D eigenvalue weighted by Crippen LogP contribution is 2.28. The van der Waals surface area contributed by atoms with Gasteiger partial charge < -0.3 is 14.8 Å². The molecule has 0 bridgehead atoms. The molecule has 1 aromatic carbocycles. The van der Waals surface area contributed by atoms with Gasteiger partial charge >= 0.3 is 12.5 Å². The molecule has 162 valence electrons. The lowest BCUT2D eigenvalue weighted by Gasteiger charge is -2.25. The zero-order chi connectivity index (χ0) is 21.7. The number of carbonyl (C=O) groups is 2. The number of ether oxygens (including phenoxy) is 2. The topological polar surface area (TPSA) is 92.8 Å². The Morgan fingerprint density at radius 3 is 2.63 bits per heavy atom. The second-order valence-corrected chi connectivity index (χ2v) is 7.40. The predicted molar refractivity (Wildman–Crippen MR) is 103 cm³/mol. The molecule has 0 saturated heterocycles. The van der Waals surface area contributed by atoms with Crippen molar-refractivity contribution in [2.75, 3.05) is 30.3 Å². The molecule has 8 nitrogen and oxygen atoms in total. The Bertz CT molecular complexity index is 902. The summed E-state index contributed by atoms with van der Waals surface area (Å²) < 4.78 is 45.2. The van der Waals surface area contributed by atoms with Crippen LogP contribution in [0.5, 0.6) is 5.75 Å². The van der Waals surface area contributed by atoms with Crippen LogP contribution in [0.15, 0.2) is 24.3 Å². The average Bonchev–Trinajstić information content (AvgIpc) is 3.03. The van der Waals surface area contributed by atoms with Crippen molar-refractivity contribution in [2.45, 2.75) is 26.3 Å². The average molecular weight is 444 g/mol. The van der Waals surface area contributed by atoms with Crippen LogP contribution in [0.4, 0.5) is 28.8 Å². The largest absolute Gasteiger partial charge is 0.573 e. The van der Waals surface area contributed by atoms with Gasteiger partial charge in [-0.25, -0.2) is 9.78 Å². The maximum atomic E-state index is 12.3. The Kier molecular flexibility index (Phi) is 6.77. The van der Waals surface area contributed by atoms with Crippen molar-refractivity contribution in [1.82, 2.24) is 9.88 Å². The van der Waals surface area contributed by atoms with Crippen molar-refractivity contribution < 1.29 is 32.2 Å². The van der Waals surface area contributed by atoms with Crippen molar-refractivity contribution in [3.8, 4) is 5.75 Å². The summed E-state index contributed by atoms with van der Waals surface area (Å²) in [6.45, 7) is 3.20. The second kappa shape index (κ2) is 9.30. The summed E-state index contributed by atoms with van der Waals surface area (Å²) in [6, 6.07) is 4.94. The van der Waals surface area contributed by atoms with Crippen molar-refractivity contribution in [2.24, 2.45) is 0 Å². The molecule has 1 aromatic heterocycles. The normalized spacial score (nSPS) is 14.0. The molecule has 2 heterocycles. The maximum absolute atomic E-state index is 12.3. The molecule has 0 aliphatic carbocycles. The van der Waals surface area contributed by atoms with Crippen LogP contribution in [-0.4, -0.2) is 47.9 Å². The van der Waals surface area contributed by atoms with Crippen LogP contribution >= 0.6 is 11.3 Å². The molecule has 0 radical (unpaired) electrons. The van der Waals surface area contributed by atoms with E-state index in [0.717, 1.165) is 22.7 Å². The van der Waals surface area contributed by atoms with Crippen molar-refractivity contribution in [1.29, 1.82) is 0 Å². The molecule has 1 aliphatic heterocycles. The summed E-state index contributed by atoms with van der Waals surface area (Å²) in [5, 5.41) is 5.67. The predicted octanol–water partition coefficient (Wildman–Crippen LogP) is 3.61. The summed E-state index contributed by atoms with van der Waals surface area (Å²) in [7, 11) is 0. The molecule has 1 aliphatic rings. The molecule has 0 fully saturated rings. The first kappa shape index (κ1) is 21.8. The number of nitrogens with zero attached hydrogens (tertiary/aromatic N) is 2. The third kappa shape index (κ3) is 6.32. The lowest BCUT2D eigenvalue weighted by atomic mass is 10.2.